The first kappa shape index (κ1) is 22.0. The molecule has 2 heterocycles. The molecule has 0 bridgehead atoms. The van der Waals surface area contributed by atoms with Crippen LogP contribution in [0.15, 0.2) is 23.1 Å². The van der Waals surface area contributed by atoms with Gasteiger partial charge in [0.05, 0.1) is 29.4 Å². The number of esters is 1. The van der Waals surface area contributed by atoms with Crippen molar-refractivity contribution in [2.75, 3.05) is 64.9 Å². The second kappa shape index (κ2) is 9.42. The van der Waals surface area contributed by atoms with E-state index in [1.807, 2.05) is 4.90 Å². The molecular formula is C20H31N3O5S. The molecule has 2 saturated heterocycles. The number of hydrogen-bond acceptors (Lipinski definition) is 7. The van der Waals surface area contributed by atoms with Gasteiger partial charge < -0.3 is 14.4 Å². The van der Waals surface area contributed by atoms with Crippen LogP contribution in [0.4, 0.5) is 5.69 Å². The Balaban J connectivity index is 1.91. The Morgan fingerprint density at radius 2 is 1.97 bits per heavy atom. The van der Waals surface area contributed by atoms with Gasteiger partial charge in [0.15, 0.2) is 0 Å². The number of likely N-dealkylation sites (tertiary alicyclic amines) is 1. The zero-order valence-corrected chi connectivity index (χ0v) is 18.3. The average Bonchev–Trinajstić information content (AvgIpc) is 2.74. The largest absolute Gasteiger partial charge is 0.457 e. The molecule has 29 heavy (non-hydrogen) atoms. The van der Waals surface area contributed by atoms with Crippen LogP contribution < -0.4 is 4.90 Å². The molecular weight excluding hydrogens is 394 g/mol. The molecule has 1 unspecified atom stereocenters. The normalized spacial score (nSPS) is 21.4. The number of piperidine rings is 1. The van der Waals surface area contributed by atoms with Crippen molar-refractivity contribution in [1.82, 2.24) is 9.21 Å². The second-order valence-corrected chi connectivity index (χ2v) is 9.78. The lowest BCUT2D eigenvalue weighted by Gasteiger charge is -2.33. The summed E-state index contributed by atoms with van der Waals surface area (Å²) in [7, 11) is -0.699. The van der Waals surface area contributed by atoms with Gasteiger partial charge in [0, 0.05) is 33.7 Å². The standard InChI is InChI=1S/C20H31N3O5S/c1-4-22-9-5-6-16(15-22)28-20(24)18-14-17(29(25,26)21(2)3)7-8-19(18)23-10-12-27-13-11-23/h7-8,14,16H,4-6,9-13,15H2,1-3H3. The number of rotatable bonds is 6. The number of hydrogen-bond donors (Lipinski definition) is 0. The Hall–Kier alpha value is -1.68. The summed E-state index contributed by atoms with van der Waals surface area (Å²) in [5.74, 6) is -0.467. The van der Waals surface area contributed by atoms with Crippen LogP contribution in [0.3, 0.4) is 0 Å². The Labute approximate surface area is 173 Å². The minimum absolute atomic E-state index is 0.0882. The van der Waals surface area contributed by atoms with Crippen LogP contribution in [0.1, 0.15) is 30.1 Å². The van der Waals surface area contributed by atoms with Crippen LogP contribution >= 0.6 is 0 Å². The van der Waals surface area contributed by atoms with Crippen molar-refractivity contribution in [1.29, 1.82) is 0 Å². The maximum atomic E-state index is 13.1. The summed E-state index contributed by atoms with van der Waals surface area (Å²) in [6.07, 6.45) is 1.63. The summed E-state index contributed by atoms with van der Waals surface area (Å²) >= 11 is 0. The van der Waals surface area contributed by atoms with Gasteiger partial charge in [0.2, 0.25) is 10.0 Å². The molecule has 2 aliphatic heterocycles. The maximum absolute atomic E-state index is 13.1. The number of anilines is 1. The van der Waals surface area contributed by atoms with Crippen LogP contribution in [0.2, 0.25) is 0 Å². The van der Waals surface area contributed by atoms with Gasteiger partial charge in [0.1, 0.15) is 6.10 Å². The van der Waals surface area contributed by atoms with E-state index in [0.29, 0.717) is 44.1 Å². The summed E-state index contributed by atoms with van der Waals surface area (Å²) in [5.41, 5.74) is 0.989. The molecule has 0 amide bonds. The first-order valence-corrected chi connectivity index (χ1v) is 11.6. The third-order valence-corrected chi connectivity index (χ3v) is 7.31. The Morgan fingerprint density at radius 3 is 2.62 bits per heavy atom. The van der Waals surface area contributed by atoms with Crippen LogP contribution in [0.5, 0.6) is 0 Å². The topological polar surface area (TPSA) is 79.4 Å². The fourth-order valence-corrected chi connectivity index (χ4v) is 4.67. The Kier molecular flexibility index (Phi) is 7.15. The molecule has 0 spiro atoms. The van der Waals surface area contributed by atoms with E-state index in [2.05, 4.69) is 11.8 Å². The van der Waals surface area contributed by atoms with E-state index >= 15 is 0 Å². The fourth-order valence-electron chi connectivity index (χ4n) is 3.74. The number of morpholine rings is 1. The number of benzene rings is 1. The molecule has 3 rings (SSSR count). The molecule has 0 aliphatic carbocycles. The SMILES string of the molecule is CCN1CCCC(OC(=O)c2cc(S(=O)(=O)N(C)C)ccc2N2CCOCC2)C1. The Morgan fingerprint density at radius 1 is 1.24 bits per heavy atom. The highest BCUT2D eigenvalue weighted by Gasteiger charge is 2.28. The zero-order chi connectivity index (χ0) is 21.0. The van der Waals surface area contributed by atoms with Crippen molar-refractivity contribution >= 4 is 21.7 Å². The summed E-state index contributed by atoms with van der Waals surface area (Å²) in [6, 6.07) is 4.71. The van der Waals surface area contributed by atoms with Gasteiger partial charge >= 0.3 is 5.97 Å². The minimum atomic E-state index is -3.65. The molecule has 0 saturated carbocycles. The summed E-state index contributed by atoms with van der Waals surface area (Å²) in [6.45, 7) is 7.17. The predicted molar refractivity (Wildman–Crippen MR) is 111 cm³/mol. The molecule has 1 aromatic rings. The average molecular weight is 426 g/mol. The predicted octanol–water partition coefficient (Wildman–Crippen LogP) is 1.41. The zero-order valence-electron chi connectivity index (χ0n) is 17.5. The quantitative estimate of drug-likeness (QED) is 0.638. The van der Waals surface area contributed by atoms with E-state index < -0.39 is 16.0 Å². The number of carbonyl (C=O) groups is 1. The van der Waals surface area contributed by atoms with E-state index in [0.717, 1.165) is 30.2 Å². The fraction of sp³-hybridized carbons (Fsp3) is 0.650. The van der Waals surface area contributed by atoms with Crippen molar-refractivity contribution in [3.8, 4) is 0 Å². The van der Waals surface area contributed by atoms with E-state index in [4.69, 9.17) is 9.47 Å². The third-order valence-electron chi connectivity index (χ3n) is 5.50. The first-order valence-electron chi connectivity index (χ1n) is 10.2. The molecule has 1 atom stereocenters. The van der Waals surface area contributed by atoms with E-state index in [-0.39, 0.29) is 11.0 Å². The molecule has 0 radical (unpaired) electrons. The van der Waals surface area contributed by atoms with Crippen molar-refractivity contribution in [3.63, 3.8) is 0 Å². The number of nitrogens with zero attached hydrogens (tertiary/aromatic N) is 3. The van der Waals surface area contributed by atoms with Gasteiger partial charge in [-0.15, -0.1) is 0 Å². The van der Waals surface area contributed by atoms with Gasteiger partial charge in [0.25, 0.3) is 0 Å². The molecule has 9 heteroatoms. The lowest BCUT2D eigenvalue weighted by Crippen LogP contribution is -2.41. The highest BCUT2D eigenvalue weighted by molar-refractivity contribution is 7.89. The molecule has 2 aliphatic rings. The van der Waals surface area contributed by atoms with E-state index in [9.17, 15) is 13.2 Å². The van der Waals surface area contributed by atoms with Gasteiger partial charge in [-0.25, -0.2) is 17.5 Å². The molecule has 162 valence electrons. The molecule has 2 fully saturated rings. The van der Waals surface area contributed by atoms with Crippen molar-refractivity contribution in [3.05, 3.63) is 23.8 Å². The van der Waals surface area contributed by atoms with Gasteiger partial charge in [-0.2, -0.15) is 0 Å². The van der Waals surface area contributed by atoms with Crippen molar-refractivity contribution < 1.29 is 22.7 Å². The first-order chi connectivity index (χ1) is 13.8. The van der Waals surface area contributed by atoms with Crippen LogP contribution in [-0.2, 0) is 19.5 Å². The monoisotopic (exact) mass is 425 g/mol. The number of sulfonamides is 1. The lowest BCUT2D eigenvalue weighted by atomic mass is 10.1. The van der Waals surface area contributed by atoms with Crippen LogP contribution in [-0.4, -0.2) is 89.7 Å². The molecule has 0 aromatic heterocycles. The van der Waals surface area contributed by atoms with Crippen molar-refractivity contribution in [2.24, 2.45) is 0 Å². The maximum Gasteiger partial charge on any atom is 0.340 e. The van der Waals surface area contributed by atoms with Gasteiger partial charge in [-0.05, 0) is 44.1 Å². The van der Waals surface area contributed by atoms with E-state index in [1.54, 1.807) is 12.1 Å². The second-order valence-electron chi connectivity index (χ2n) is 7.63. The summed E-state index contributed by atoms with van der Waals surface area (Å²) in [4.78, 5) is 17.5. The van der Waals surface area contributed by atoms with Crippen LogP contribution in [0, 0.1) is 0 Å². The molecule has 1 aromatic carbocycles. The third kappa shape index (κ3) is 5.09. The smallest absolute Gasteiger partial charge is 0.340 e. The number of likely N-dealkylation sites (N-methyl/N-ethyl adjacent to an activating group) is 1. The van der Waals surface area contributed by atoms with Crippen molar-refractivity contribution in [2.45, 2.75) is 30.8 Å². The lowest BCUT2D eigenvalue weighted by molar-refractivity contribution is 0.00774. The highest BCUT2D eigenvalue weighted by atomic mass is 32.2. The van der Waals surface area contributed by atoms with Gasteiger partial charge in [-0.3, -0.25) is 4.90 Å². The number of carbonyl (C=O) groups excluding carboxylic acids is 1. The molecule has 0 N–H and O–H groups in total. The summed E-state index contributed by atoms with van der Waals surface area (Å²) < 4.78 is 37.6. The molecule has 8 nitrogen and oxygen atoms in total. The minimum Gasteiger partial charge on any atom is -0.457 e. The van der Waals surface area contributed by atoms with Gasteiger partial charge in [-0.1, -0.05) is 6.92 Å². The van der Waals surface area contributed by atoms with E-state index in [1.165, 1.54) is 20.2 Å². The Bertz CT molecular complexity index is 821. The number of ether oxygens (including phenoxy) is 2. The highest BCUT2D eigenvalue weighted by Crippen LogP contribution is 2.28. The summed E-state index contributed by atoms with van der Waals surface area (Å²) in [5, 5.41) is 0. The van der Waals surface area contributed by atoms with Crippen LogP contribution in [0.25, 0.3) is 0 Å².